The van der Waals surface area contributed by atoms with Gasteiger partial charge in [0, 0.05) is 17.8 Å². The highest BCUT2D eigenvalue weighted by atomic mass is 32.2. The fourth-order valence-electron chi connectivity index (χ4n) is 2.46. The minimum atomic E-state index is -0.429. The van der Waals surface area contributed by atoms with Gasteiger partial charge in [-0.05, 0) is 30.5 Å². The van der Waals surface area contributed by atoms with Gasteiger partial charge in [0.15, 0.2) is 8.68 Å². The summed E-state index contributed by atoms with van der Waals surface area (Å²) in [5.74, 6) is 0.0720. The molecule has 142 valence electrons. The standard InChI is InChI=1S/C17H12N4O3S4/c1-25-16-19-11-4-2-9(6-13(11)27-16)18-15(22)8-26-17-20-12-5-3-10(21(23)24)7-14(12)28-17/h2-7H,8H2,1H3,(H,18,22). The number of hydrogen-bond donors (Lipinski definition) is 1. The van der Waals surface area contributed by atoms with Crippen molar-refractivity contribution in [2.24, 2.45) is 0 Å². The van der Waals surface area contributed by atoms with Crippen LogP contribution in [0.25, 0.3) is 20.4 Å². The van der Waals surface area contributed by atoms with E-state index in [1.54, 1.807) is 29.2 Å². The lowest BCUT2D eigenvalue weighted by atomic mass is 10.3. The molecule has 0 aliphatic rings. The molecule has 11 heteroatoms. The van der Waals surface area contributed by atoms with Gasteiger partial charge >= 0.3 is 0 Å². The molecule has 0 fully saturated rings. The summed E-state index contributed by atoms with van der Waals surface area (Å²) in [6.07, 6.45) is 1.98. The number of nitro groups is 1. The number of hydrogen-bond acceptors (Lipinski definition) is 9. The molecular formula is C17H12N4O3S4. The maximum Gasteiger partial charge on any atom is 0.270 e. The van der Waals surface area contributed by atoms with Gasteiger partial charge in [0.25, 0.3) is 5.69 Å². The van der Waals surface area contributed by atoms with Crippen LogP contribution in [-0.4, -0.2) is 32.8 Å². The lowest BCUT2D eigenvalue weighted by molar-refractivity contribution is -0.384. The molecule has 0 spiro atoms. The molecule has 4 aromatic rings. The number of fused-ring (bicyclic) bond motifs is 2. The average molecular weight is 449 g/mol. The quantitative estimate of drug-likeness (QED) is 0.244. The molecule has 1 amide bonds. The van der Waals surface area contributed by atoms with Crippen molar-refractivity contribution < 1.29 is 9.72 Å². The Hall–Kier alpha value is -2.21. The highest BCUT2D eigenvalue weighted by Crippen LogP contribution is 2.32. The zero-order valence-electron chi connectivity index (χ0n) is 14.4. The number of carbonyl (C=O) groups excluding carboxylic acids is 1. The van der Waals surface area contributed by atoms with Crippen LogP contribution in [0.2, 0.25) is 0 Å². The zero-order chi connectivity index (χ0) is 19.7. The molecule has 0 unspecified atom stereocenters. The highest BCUT2D eigenvalue weighted by Gasteiger charge is 2.12. The van der Waals surface area contributed by atoms with Crippen LogP contribution in [0.15, 0.2) is 45.1 Å². The van der Waals surface area contributed by atoms with E-state index in [1.165, 1.54) is 35.2 Å². The molecule has 0 saturated carbocycles. The van der Waals surface area contributed by atoms with E-state index in [0.29, 0.717) is 9.86 Å². The lowest BCUT2D eigenvalue weighted by Crippen LogP contribution is -2.13. The maximum atomic E-state index is 12.3. The summed E-state index contributed by atoms with van der Waals surface area (Å²) in [7, 11) is 0. The molecule has 2 aromatic heterocycles. The number of carbonyl (C=O) groups is 1. The van der Waals surface area contributed by atoms with Gasteiger partial charge in [0.05, 0.1) is 31.1 Å². The number of thiazole rings is 2. The van der Waals surface area contributed by atoms with E-state index in [2.05, 4.69) is 15.3 Å². The fraction of sp³-hybridized carbons (Fsp3) is 0.118. The average Bonchev–Trinajstić information content (AvgIpc) is 3.28. The first-order valence-corrected chi connectivity index (χ1v) is 11.8. The van der Waals surface area contributed by atoms with Gasteiger partial charge in [-0.25, -0.2) is 9.97 Å². The Morgan fingerprint density at radius 1 is 1.11 bits per heavy atom. The van der Waals surface area contributed by atoms with Gasteiger partial charge in [0.2, 0.25) is 5.91 Å². The number of rotatable bonds is 6. The normalized spacial score (nSPS) is 11.2. The number of thioether (sulfide) groups is 2. The molecule has 2 aromatic carbocycles. The second-order valence-electron chi connectivity index (χ2n) is 5.59. The number of nitro benzene ring substituents is 1. The van der Waals surface area contributed by atoms with Crippen LogP contribution in [0.1, 0.15) is 0 Å². The summed E-state index contributed by atoms with van der Waals surface area (Å²) in [6, 6.07) is 10.2. The Morgan fingerprint density at radius 2 is 1.79 bits per heavy atom. The fourth-order valence-corrected chi connectivity index (χ4v) is 5.89. The van der Waals surface area contributed by atoms with E-state index in [9.17, 15) is 14.9 Å². The van der Waals surface area contributed by atoms with Crippen LogP contribution >= 0.6 is 46.2 Å². The molecule has 4 rings (SSSR count). The monoisotopic (exact) mass is 448 g/mol. The predicted molar refractivity (Wildman–Crippen MR) is 117 cm³/mol. The van der Waals surface area contributed by atoms with Crippen molar-refractivity contribution in [3.05, 3.63) is 46.5 Å². The number of anilines is 1. The molecule has 0 radical (unpaired) electrons. The summed E-state index contributed by atoms with van der Waals surface area (Å²) in [5, 5.41) is 13.8. The van der Waals surface area contributed by atoms with Crippen LogP contribution in [0.3, 0.4) is 0 Å². The van der Waals surface area contributed by atoms with Crippen LogP contribution in [0.5, 0.6) is 0 Å². The van der Waals surface area contributed by atoms with Crippen molar-refractivity contribution in [3.8, 4) is 0 Å². The Bertz CT molecular complexity index is 1200. The van der Waals surface area contributed by atoms with Crippen LogP contribution in [0, 0.1) is 10.1 Å². The lowest BCUT2D eigenvalue weighted by Gasteiger charge is -2.03. The number of nitrogens with zero attached hydrogens (tertiary/aromatic N) is 3. The van der Waals surface area contributed by atoms with Crippen molar-refractivity contribution in [2.45, 2.75) is 8.68 Å². The van der Waals surface area contributed by atoms with Gasteiger partial charge < -0.3 is 5.32 Å². The largest absolute Gasteiger partial charge is 0.325 e. The molecule has 7 nitrogen and oxygen atoms in total. The Balaban J connectivity index is 1.41. The van der Waals surface area contributed by atoms with Gasteiger partial charge in [-0.2, -0.15) is 0 Å². The Labute approximate surface area is 175 Å². The predicted octanol–water partition coefficient (Wildman–Crippen LogP) is 5.27. The zero-order valence-corrected chi connectivity index (χ0v) is 17.6. The SMILES string of the molecule is CSc1nc2ccc(NC(=O)CSc3nc4ccc([N+](=O)[O-])cc4s3)cc2s1. The minimum Gasteiger partial charge on any atom is -0.325 e. The van der Waals surface area contributed by atoms with E-state index in [0.717, 1.165) is 24.9 Å². The van der Waals surface area contributed by atoms with Crippen molar-refractivity contribution in [3.63, 3.8) is 0 Å². The molecular weight excluding hydrogens is 436 g/mol. The van der Waals surface area contributed by atoms with Crippen LogP contribution in [-0.2, 0) is 4.79 Å². The number of aromatic nitrogens is 2. The Morgan fingerprint density at radius 3 is 2.54 bits per heavy atom. The second-order valence-corrected chi connectivity index (χ2v) is 9.93. The first-order chi connectivity index (χ1) is 13.5. The molecule has 1 N–H and O–H groups in total. The topological polar surface area (TPSA) is 98.0 Å². The molecule has 0 aliphatic carbocycles. The van der Waals surface area contributed by atoms with E-state index < -0.39 is 4.92 Å². The molecule has 0 bridgehead atoms. The summed E-state index contributed by atoms with van der Waals surface area (Å²) in [5.41, 5.74) is 2.38. The number of amides is 1. The maximum absolute atomic E-state index is 12.3. The number of nitrogens with one attached hydrogen (secondary N) is 1. The molecule has 0 atom stereocenters. The number of benzene rings is 2. The second kappa shape index (κ2) is 8.03. The van der Waals surface area contributed by atoms with Crippen molar-refractivity contribution in [1.29, 1.82) is 0 Å². The van der Waals surface area contributed by atoms with Gasteiger partial charge in [-0.3, -0.25) is 14.9 Å². The van der Waals surface area contributed by atoms with Crippen molar-refractivity contribution >= 4 is 83.9 Å². The summed E-state index contributed by atoms with van der Waals surface area (Å²) >= 11 is 5.85. The molecule has 28 heavy (non-hydrogen) atoms. The van der Waals surface area contributed by atoms with Gasteiger partial charge in [-0.1, -0.05) is 23.5 Å². The minimum absolute atomic E-state index is 0.0357. The van der Waals surface area contributed by atoms with E-state index in [1.807, 2.05) is 24.5 Å². The van der Waals surface area contributed by atoms with E-state index >= 15 is 0 Å². The van der Waals surface area contributed by atoms with E-state index in [4.69, 9.17) is 0 Å². The first-order valence-electron chi connectivity index (χ1n) is 7.94. The summed E-state index contributed by atoms with van der Waals surface area (Å²) in [4.78, 5) is 31.6. The van der Waals surface area contributed by atoms with E-state index in [-0.39, 0.29) is 17.3 Å². The number of non-ortho nitro benzene ring substituents is 1. The summed E-state index contributed by atoms with van der Waals surface area (Å²) in [6.45, 7) is 0. The van der Waals surface area contributed by atoms with Gasteiger partial charge in [0.1, 0.15) is 0 Å². The van der Waals surface area contributed by atoms with Crippen molar-refractivity contribution in [1.82, 2.24) is 9.97 Å². The van der Waals surface area contributed by atoms with Crippen molar-refractivity contribution in [2.75, 3.05) is 17.3 Å². The van der Waals surface area contributed by atoms with Crippen LogP contribution in [0.4, 0.5) is 11.4 Å². The third-order valence-corrected chi connectivity index (χ3v) is 7.88. The Kier molecular flexibility index (Phi) is 5.49. The third kappa shape index (κ3) is 4.12. The highest BCUT2D eigenvalue weighted by molar-refractivity contribution is 8.01. The van der Waals surface area contributed by atoms with Crippen LogP contribution < -0.4 is 5.32 Å². The molecule has 2 heterocycles. The van der Waals surface area contributed by atoms with Gasteiger partial charge in [-0.15, -0.1) is 22.7 Å². The first kappa shape index (κ1) is 19.1. The molecule has 0 aliphatic heterocycles. The smallest absolute Gasteiger partial charge is 0.270 e. The summed E-state index contributed by atoms with van der Waals surface area (Å²) < 4.78 is 3.46. The molecule has 0 saturated heterocycles. The third-order valence-electron chi connectivity index (χ3n) is 3.72.